The molecule has 0 aliphatic heterocycles. The van der Waals surface area contributed by atoms with Crippen LogP contribution < -0.4 is 0 Å². The van der Waals surface area contributed by atoms with Crippen LogP contribution in [0.2, 0.25) is 0 Å². The summed E-state index contributed by atoms with van der Waals surface area (Å²) in [6.45, 7) is 0.974. The number of benzene rings is 1. The Kier molecular flexibility index (Phi) is 6.11. The summed E-state index contributed by atoms with van der Waals surface area (Å²) in [5, 5.41) is 0. The van der Waals surface area contributed by atoms with Crippen molar-refractivity contribution in [2.45, 2.75) is 19.4 Å². The Morgan fingerprint density at radius 1 is 1.06 bits per heavy atom. The zero-order chi connectivity index (χ0) is 11.6. The lowest BCUT2D eigenvalue weighted by atomic mass is 10.0. The van der Waals surface area contributed by atoms with E-state index in [4.69, 9.17) is 4.74 Å². The minimum Gasteiger partial charge on any atom is -0.376 e. The highest BCUT2D eigenvalue weighted by Gasteiger charge is 2.07. The van der Waals surface area contributed by atoms with Gasteiger partial charge in [-0.3, -0.25) is 0 Å². The first-order valence-electron chi connectivity index (χ1n) is 5.35. The van der Waals surface area contributed by atoms with Gasteiger partial charge in [0.05, 0.1) is 13.2 Å². The monoisotopic (exact) mass is 220 g/mol. The largest absolute Gasteiger partial charge is 0.376 e. The summed E-state index contributed by atoms with van der Waals surface area (Å²) in [5.74, 6) is 0.0127. The normalized spacial score (nSPS) is 10.3. The summed E-state index contributed by atoms with van der Waals surface area (Å²) in [7, 11) is 0. The first-order chi connectivity index (χ1) is 7.86. The molecule has 1 aromatic carbocycles. The molecule has 0 amide bonds. The van der Waals surface area contributed by atoms with Crippen LogP contribution in [0.3, 0.4) is 0 Å². The van der Waals surface area contributed by atoms with Crippen molar-refractivity contribution in [2.75, 3.05) is 6.61 Å². The van der Waals surface area contributed by atoms with Crippen molar-refractivity contribution in [1.29, 1.82) is 0 Å². The maximum Gasteiger partial charge on any atom is 0.120 e. The molecule has 0 heterocycles. The molecule has 0 bridgehead atoms. The van der Waals surface area contributed by atoms with Crippen LogP contribution in [0, 0.1) is 5.92 Å². The van der Waals surface area contributed by atoms with Crippen LogP contribution in [0.25, 0.3) is 0 Å². The second-order valence-corrected chi connectivity index (χ2v) is 3.67. The van der Waals surface area contributed by atoms with E-state index in [0.717, 1.165) is 18.1 Å². The molecule has 86 valence electrons. The van der Waals surface area contributed by atoms with Crippen LogP contribution >= 0.6 is 0 Å². The molecule has 0 aliphatic rings. The van der Waals surface area contributed by atoms with E-state index in [0.29, 0.717) is 26.1 Å². The summed E-state index contributed by atoms with van der Waals surface area (Å²) in [6.07, 6.45) is 2.43. The molecule has 1 aromatic rings. The van der Waals surface area contributed by atoms with Gasteiger partial charge in [-0.25, -0.2) is 0 Å². The molecule has 0 unspecified atom stereocenters. The zero-order valence-corrected chi connectivity index (χ0v) is 9.17. The lowest BCUT2D eigenvalue weighted by molar-refractivity contribution is -0.111. The van der Waals surface area contributed by atoms with Gasteiger partial charge in [0, 0.05) is 12.8 Å². The minimum atomic E-state index is 0.0127. The average molecular weight is 220 g/mol. The highest BCUT2D eigenvalue weighted by Crippen LogP contribution is 2.08. The summed E-state index contributed by atoms with van der Waals surface area (Å²) < 4.78 is 5.47. The second-order valence-electron chi connectivity index (χ2n) is 3.67. The molecule has 0 N–H and O–H groups in total. The van der Waals surface area contributed by atoms with E-state index in [1.165, 1.54) is 0 Å². The number of rotatable bonds is 8. The van der Waals surface area contributed by atoms with Crippen molar-refractivity contribution in [1.82, 2.24) is 0 Å². The van der Waals surface area contributed by atoms with Gasteiger partial charge in [0.1, 0.15) is 12.6 Å². The Labute approximate surface area is 95.4 Å². The molecule has 0 atom stereocenters. The molecule has 0 saturated carbocycles. The number of carbonyl (C=O) groups excluding carboxylic acids is 2. The summed E-state index contributed by atoms with van der Waals surface area (Å²) >= 11 is 0. The van der Waals surface area contributed by atoms with Gasteiger partial charge in [0.25, 0.3) is 0 Å². The molecule has 0 radical (unpaired) electrons. The topological polar surface area (TPSA) is 43.4 Å². The SMILES string of the molecule is O=CCC(CC=O)COCc1ccccc1. The molecule has 0 spiro atoms. The van der Waals surface area contributed by atoms with E-state index < -0.39 is 0 Å². The standard InChI is InChI=1S/C13H16O3/c14-8-6-13(7-9-15)11-16-10-12-4-2-1-3-5-12/h1-5,8-9,13H,6-7,10-11H2. The van der Waals surface area contributed by atoms with E-state index >= 15 is 0 Å². The van der Waals surface area contributed by atoms with Crippen LogP contribution in [0.1, 0.15) is 18.4 Å². The van der Waals surface area contributed by atoms with Crippen LogP contribution in [-0.4, -0.2) is 19.2 Å². The van der Waals surface area contributed by atoms with Crippen LogP contribution in [0.15, 0.2) is 30.3 Å². The number of aldehydes is 2. The Balaban J connectivity index is 2.27. The van der Waals surface area contributed by atoms with Crippen LogP contribution in [-0.2, 0) is 20.9 Å². The number of carbonyl (C=O) groups is 2. The van der Waals surface area contributed by atoms with Gasteiger partial charge in [-0.15, -0.1) is 0 Å². The molecule has 1 rings (SSSR count). The Hall–Kier alpha value is -1.48. The van der Waals surface area contributed by atoms with Gasteiger partial charge in [-0.1, -0.05) is 30.3 Å². The Bertz CT molecular complexity index is 298. The first kappa shape index (κ1) is 12.6. The highest BCUT2D eigenvalue weighted by atomic mass is 16.5. The van der Waals surface area contributed by atoms with E-state index in [1.54, 1.807) is 0 Å². The zero-order valence-electron chi connectivity index (χ0n) is 9.17. The highest BCUT2D eigenvalue weighted by molar-refractivity contribution is 5.54. The maximum atomic E-state index is 10.4. The van der Waals surface area contributed by atoms with Gasteiger partial charge >= 0.3 is 0 Å². The molecule has 16 heavy (non-hydrogen) atoms. The smallest absolute Gasteiger partial charge is 0.120 e. The average Bonchev–Trinajstić information content (AvgIpc) is 2.31. The van der Waals surface area contributed by atoms with Crippen LogP contribution in [0.5, 0.6) is 0 Å². The lowest BCUT2D eigenvalue weighted by Gasteiger charge is -2.11. The Morgan fingerprint density at radius 2 is 1.69 bits per heavy atom. The number of hydrogen-bond donors (Lipinski definition) is 0. The first-order valence-corrected chi connectivity index (χ1v) is 5.35. The lowest BCUT2D eigenvalue weighted by Crippen LogP contribution is -2.11. The summed E-state index contributed by atoms with van der Waals surface area (Å²) in [5.41, 5.74) is 1.10. The van der Waals surface area contributed by atoms with Crippen molar-refractivity contribution in [3.63, 3.8) is 0 Å². The quantitative estimate of drug-likeness (QED) is 0.629. The molecule has 0 aliphatic carbocycles. The van der Waals surface area contributed by atoms with Gasteiger partial charge in [-0.05, 0) is 11.5 Å². The van der Waals surface area contributed by atoms with Crippen molar-refractivity contribution in [3.8, 4) is 0 Å². The Morgan fingerprint density at radius 3 is 2.25 bits per heavy atom. The van der Waals surface area contributed by atoms with Gasteiger partial charge < -0.3 is 14.3 Å². The van der Waals surface area contributed by atoms with Gasteiger partial charge in [0.15, 0.2) is 0 Å². The predicted octanol–water partition coefficient (Wildman–Crippen LogP) is 2.00. The van der Waals surface area contributed by atoms with Gasteiger partial charge in [-0.2, -0.15) is 0 Å². The van der Waals surface area contributed by atoms with Gasteiger partial charge in [0.2, 0.25) is 0 Å². The van der Waals surface area contributed by atoms with Crippen molar-refractivity contribution in [2.24, 2.45) is 5.92 Å². The maximum absolute atomic E-state index is 10.4. The summed E-state index contributed by atoms with van der Waals surface area (Å²) in [6, 6.07) is 9.81. The van der Waals surface area contributed by atoms with Crippen molar-refractivity contribution in [3.05, 3.63) is 35.9 Å². The van der Waals surface area contributed by atoms with Crippen molar-refractivity contribution >= 4 is 12.6 Å². The van der Waals surface area contributed by atoms with E-state index in [2.05, 4.69) is 0 Å². The fourth-order valence-corrected chi connectivity index (χ4v) is 1.42. The predicted molar refractivity (Wildman–Crippen MR) is 61.0 cm³/mol. The molecule has 3 nitrogen and oxygen atoms in total. The molecule has 0 aromatic heterocycles. The molecular formula is C13H16O3. The fourth-order valence-electron chi connectivity index (χ4n) is 1.42. The molecule has 0 fully saturated rings. The second kappa shape index (κ2) is 7.77. The van der Waals surface area contributed by atoms with Crippen molar-refractivity contribution < 1.29 is 14.3 Å². The third-order valence-electron chi connectivity index (χ3n) is 2.32. The third-order valence-corrected chi connectivity index (χ3v) is 2.32. The third kappa shape index (κ3) is 4.84. The van der Waals surface area contributed by atoms with E-state index in [1.807, 2.05) is 30.3 Å². The minimum absolute atomic E-state index is 0.0127. The number of ether oxygens (including phenoxy) is 1. The molecule has 0 saturated heterocycles. The summed E-state index contributed by atoms with van der Waals surface area (Å²) in [4.78, 5) is 20.7. The molecule has 3 heteroatoms. The molecular weight excluding hydrogens is 204 g/mol. The van der Waals surface area contributed by atoms with E-state index in [-0.39, 0.29) is 5.92 Å². The number of hydrogen-bond acceptors (Lipinski definition) is 3. The van der Waals surface area contributed by atoms with E-state index in [9.17, 15) is 9.59 Å². The van der Waals surface area contributed by atoms with Crippen LogP contribution in [0.4, 0.5) is 0 Å². The fraction of sp³-hybridized carbons (Fsp3) is 0.385.